The molecular formula is C3H4CoOP+. The third kappa shape index (κ3) is 1.21. The maximum atomic E-state index is 9.96. The van der Waals surface area contributed by atoms with Crippen LogP contribution in [-0.2, 0) is 21.3 Å². The zero-order valence-corrected chi connectivity index (χ0v) is 4.99. The molecule has 1 radical (unpaired) electrons. The molecule has 1 aliphatic rings. The largest absolute Gasteiger partial charge is 0.373 e. The standard InChI is InChI=1S/C3H4OP.Co/c4-5-2-1-3-5;/h1-2H,3H2;/q+1;. The van der Waals surface area contributed by atoms with E-state index in [9.17, 15) is 4.57 Å². The van der Waals surface area contributed by atoms with Crippen LogP contribution >= 0.6 is 7.80 Å². The van der Waals surface area contributed by atoms with Crippen LogP contribution in [0.3, 0.4) is 0 Å². The van der Waals surface area contributed by atoms with Gasteiger partial charge >= 0.3 is 7.80 Å². The van der Waals surface area contributed by atoms with Gasteiger partial charge in [-0.25, -0.2) is 0 Å². The molecule has 3 heteroatoms. The molecule has 1 aliphatic heterocycles. The zero-order chi connectivity index (χ0) is 3.70. The van der Waals surface area contributed by atoms with E-state index in [1.807, 2.05) is 6.08 Å². The molecule has 0 amide bonds. The van der Waals surface area contributed by atoms with E-state index >= 15 is 0 Å². The summed E-state index contributed by atoms with van der Waals surface area (Å²) < 4.78 is 9.96. The van der Waals surface area contributed by atoms with Gasteiger partial charge in [-0.05, 0) is 0 Å². The summed E-state index contributed by atoms with van der Waals surface area (Å²) in [4.78, 5) is 0. The smallest absolute Gasteiger partial charge is 0.0684 e. The Morgan fingerprint density at radius 1 is 1.67 bits per heavy atom. The molecule has 0 saturated heterocycles. The Hall–Kier alpha value is 0.346. The van der Waals surface area contributed by atoms with Crippen LogP contribution in [-0.4, -0.2) is 6.16 Å². The number of allylic oxidation sites excluding steroid dienone is 1. The average molecular weight is 146 g/mol. The van der Waals surface area contributed by atoms with Crippen molar-refractivity contribution in [3.8, 4) is 0 Å². The Morgan fingerprint density at radius 3 is 2.00 bits per heavy atom. The molecule has 1 heterocycles. The minimum Gasteiger partial charge on any atom is -0.0684 e. The van der Waals surface area contributed by atoms with Crippen molar-refractivity contribution in [1.29, 1.82) is 0 Å². The Kier molecular flexibility index (Phi) is 2.65. The van der Waals surface area contributed by atoms with Gasteiger partial charge in [0.25, 0.3) is 0 Å². The van der Waals surface area contributed by atoms with E-state index < -0.39 is 7.80 Å². The van der Waals surface area contributed by atoms with Gasteiger partial charge in [0.05, 0.1) is 0 Å². The third-order valence-electron chi connectivity index (χ3n) is 0.557. The molecule has 0 N–H and O–H groups in total. The van der Waals surface area contributed by atoms with Gasteiger partial charge in [-0.15, -0.1) is 0 Å². The van der Waals surface area contributed by atoms with E-state index in [4.69, 9.17) is 0 Å². The Morgan fingerprint density at radius 2 is 2.00 bits per heavy atom. The predicted octanol–water partition coefficient (Wildman–Crippen LogP) is 1.34. The molecule has 6 heavy (non-hydrogen) atoms. The fourth-order valence-electron chi connectivity index (χ4n) is 0.191. The van der Waals surface area contributed by atoms with Crippen molar-refractivity contribution in [3.63, 3.8) is 0 Å². The minimum absolute atomic E-state index is 0. The molecule has 0 fully saturated rings. The quantitative estimate of drug-likeness (QED) is 0.471. The first kappa shape index (κ1) is 6.35. The van der Waals surface area contributed by atoms with E-state index in [1.165, 1.54) is 0 Å². The first-order valence-electron chi connectivity index (χ1n) is 1.50. The van der Waals surface area contributed by atoms with Gasteiger partial charge in [0.1, 0.15) is 0 Å². The molecule has 0 aliphatic carbocycles. The molecule has 0 bridgehead atoms. The van der Waals surface area contributed by atoms with Crippen LogP contribution < -0.4 is 0 Å². The van der Waals surface area contributed by atoms with Crippen molar-refractivity contribution >= 4 is 7.80 Å². The zero-order valence-electron chi connectivity index (χ0n) is 3.05. The number of rotatable bonds is 0. The van der Waals surface area contributed by atoms with E-state index in [2.05, 4.69) is 0 Å². The van der Waals surface area contributed by atoms with E-state index in [-0.39, 0.29) is 16.8 Å². The average Bonchev–Trinajstić information content (AvgIpc) is 1.30. The topological polar surface area (TPSA) is 17.1 Å². The fourth-order valence-corrected chi connectivity index (χ4v) is 0.574. The molecule has 1 rings (SSSR count). The van der Waals surface area contributed by atoms with Crippen molar-refractivity contribution in [2.75, 3.05) is 6.16 Å². The van der Waals surface area contributed by atoms with Crippen LogP contribution in [0.5, 0.6) is 0 Å². The van der Waals surface area contributed by atoms with Crippen molar-refractivity contribution in [2.45, 2.75) is 0 Å². The summed E-state index contributed by atoms with van der Waals surface area (Å²) in [5, 5.41) is 0. The first-order chi connectivity index (χ1) is 2.39. The maximum Gasteiger partial charge on any atom is 0.373 e. The summed E-state index contributed by atoms with van der Waals surface area (Å²) in [5.74, 6) is 1.73. The summed E-state index contributed by atoms with van der Waals surface area (Å²) >= 11 is 0. The van der Waals surface area contributed by atoms with E-state index in [0.717, 1.165) is 6.16 Å². The number of hydrogen-bond donors (Lipinski definition) is 0. The van der Waals surface area contributed by atoms with E-state index in [0.29, 0.717) is 0 Å². The molecule has 1 nitrogen and oxygen atoms in total. The molecule has 0 saturated carbocycles. The van der Waals surface area contributed by atoms with Gasteiger partial charge in [0.15, 0.2) is 12.0 Å². The summed E-state index contributed by atoms with van der Waals surface area (Å²) in [6.45, 7) is 0. The maximum absolute atomic E-state index is 9.96. The van der Waals surface area contributed by atoms with Crippen molar-refractivity contribution in [3.05, 3.63) is 11.9 Å². The van der Waals surface area contributed by atoms with Gasteiger partial charge in [-0.2, -0.15) is 0 Å². The normalized spacial score (nSPS) is 21.7. The molecule has 35 valence electrons. The summed E-state index contributed by atoms with van der Waals surface area (Å²) in [6, 6.07) is 0. The molecule has 0 aromatic rings. The van der Waals surface area contributed by atoms with E-state index in [1.54, 1.807) is 5.82 Å². The fraction of sp³-hybridized carbons (Fsp3) is 0.333. The van der Waals surface area contributed by atoms with Gasteiger partial charge in [0.2, 0.25) is 0 Å². The van der Waals surface area contributed by atoms with Crippen molar-refractivity contribution in [2.24, 2.45) is 0 Å². The summed E-state index contributed by atoms with van der Waals surface area (Å²) in [6.07, 6.45) is 2.73. The predicted molar refractivity (Wildman–Crippen MR) is 21.6 cm³/mol. The molecule has 0 spiro atoms. The summed E-state index contributed by atoms with van der Waals surface area (Å²) in [5.41, 5.74) is 0. The Balaban J connectivity index is 0.000000250. The Labute approximate surface area is 47.8 Å². The number of hydrogen-bond acceptors (Lipinski definition) is 1. The first-order valence-corrected chi connectivity index (χ1v) is 3.01. The SMILES string of the molecule is O=[P+]1C=CC1.[Co]. The monoisotopic (exact) mass is 146 g/mol. The van der Waals surface area contributed by atoms with Crippen LogP contribution in [0, 0.1) is 0 Å². The van der Waals surface area contributed by atoms with Gasteiger partial charge < -0.3 is 0 Å². The molecule has 1 unspecified atom stereocenters. The second-order valence-corrected chi connectivity index (χ2v) is 2.48. The van der Waals surface area contributed by atoms with Gasteiger partial charge in [-0.3, -0.25) is 0 Å². The minimum atomic E-state index is -0.848. The second-order valence-electron chi connectivity index (χ2n) is 0.984. The third-order valence-corrected chi connectivity index (χ3v) is 1.67. The molecule has 0 aromatic carbocycles. The molecular weight excluding hydrogens is 142 g/mol. The van der Waals surface area contributed by atoms with Crippen LogP contribution in [0.4, 0.5) is 0 Å². The van der Waals surface area contributed by atoms with Crippen molar-refractivity contribution < 1.29 is 21.3 Å². The van der Waals surface area contributed by atoms with Crippen molar-refractivity contribution in [1.82, 2.24) is 0 Å². The molecule has 1 atom stereocenters. The van der Waals surface area contributed by atoms with Crippen LogP contribution in [0.15, 0.2) is 11.9 Å². The summed E-state index contributed by atoms with van der Waals surface area (Å²) in [7, 11) is -0.848. The van der Waals surface area contributed by atoms with Crippen LogP contribution in [0.2, 0.25) is 0 Å². The van der Waals surface area contributed by atoms with Gasteiger partial charge in [0, 0.05) is 22.9 Å². The van der Waals surface area contributed by atoms with Crippen LogP contribution in [0.25, 0.3) is 0 Å². The van der Waals surface area contributed by atoms with Crippen LogP contribution in [0.1, 0.15) is 0 Å². The van der Waals surface area contributed by atoms with Gasteiger partial charge in [-0.1, -0.05) is 4.57 Å². The Bertz CT molecular complexity index is 88.8. The second kappa shape index (κ2) is 2.51. The molecule has 0 aromatic heterocycles.